The molecule has 0 saturated carbocycles. The van der Waals surface area contributed by atoms with Crippen molar-refractivity contribution < 1.29 is 23.9 Å². The Labute approximate surface area is 265 Å². The smallest absolute Gasteiger partial charge is 0.339 e. The summed E-state index contributed by atoms with van der Waals surface area (Å²) in [7, 11) is 0. The molecule has 4 aromatic rings. The van der Waals surface area contributed by atoms with Gasteiger partial charge in [-0.15, -0.1) is 0 Å². The molecule has 7 nitrogen and oxygen atoms in total. The molecule has 3 unspecified atom stereocenters. The minimum atomic E-state index is -0.708. The van der Waals surface area contributed by atoms with Gasteiger partial charge in [0.1, 0.15) is 0 Å². The number of pyridine rings is 1. The highest BCUT2D eigenvalue weighted by Crippen LogP contribution is 2.41. The molecular weight excluding hydrogens is 655 g/mol. The summed E-state index contributed by atoms with van der Waals surface area (Å²) in [4.78, 5) is 58.4. The van der Waals surface area contributed by atoms with Gasteiger partial charge >= 0.3 is 5.97 Å². The first kappa shape index (κ1) is 29.2. The molecule has 0 spiro atoms. The molecule has 1 aliphatic carbocycles. The fourth-order valence-corrected chi connectivity index (χ4v) is 6.58. The van der Waals surface area contributed by atoms with Crippen LogP contribution in [0.25, 0.3) is 22.2 Å². The van der Waals surface area contributed by atoms with Gasteiger partial charge in [0.25, 0.3) is 0 Å². The van der Waals surface area contributed by atoms with Crippen molar-refractivity contribution in [3.63, 3.8) is 0 Å². The van der Waals surface area contributed by atoms with Gasteiger partial charge in [-0.25, -0.2) is 9.78 Å². The quantitative estimate of drug-likeness (QED) is 0.0898. The number of aromatic nitrogens is 1. The number of esters is 1. The Kier molecular flexibility index (Phi) is 7.94. The highest BCUT2D eigenvalue weighted by atomic mass is 79.9. The third-order valence-electron chi connectivity index (χ3n) is 7.85. The molecule has 2 heterocycles. The molecule has 10 heteroatoms. The van der Waals surface area contributed by atoms with E-state index in [0.29, 0.717) is 39.3 Å². The number of hydrogen-bond acceptors (Lipinski definition) is 6. The topological polar surface area (TPSA) is 93.6 Å². The van der Waals surface area contributed by atoms with E-state index in [4.69, 9.17) is 32.9 Å². The second-order valence-electron chi connectivity index (χ2n) is 10.6. The predicted octanol–water partition coefficient (Wildman–Crippen LogP) is 7.71. The van der Waals surface area contributed by atoms with Gasteiger partial charge < -0.3 is 4.74 Å². The number of anilines is 1. The Hall–Kier alpha value is -3.85. The maximum Gasteiger partial charge on any atom is 0.339 e. The van der Waals surface area contributed by atoms with Crippen LogP contribution in [-0.2, 0) is 14.3 Å². The molecular formula is C33H23BrCl2N2O5. The number of allylic oxidation sites excluding steroid dienone is 2. The van der Waals surface area contributed by atoms with Crippen molar-refractivity contribution in [2.75, 3.05) is 11.5 Å². The Bertz CT molecular complexity index is 1860. The van der Waals surface area contributed by atoms with Crippen LogP contribution in [0.2, 0.25) is 10.0 Å². The molecule has 3 aromatic carbocycles. The average molecular weight is 678 g/mol. The number of hydrogen-bond donors (Lipinski definition) is 0. The van der Waals surface area contributed by atoms with Crippen LogP contribution in [0.5, 0.6) is 0 Å². The van der Waals surface area contributed by atoms with Gasteiger partial charge in [-0.1, -0.05) is 70.3 Å². The van der Waals surface area contributed by atoms with Crippen LogP contribution in [0.1, 0.15) is 34.1 Å². The monoisotopic (exact) mass is 676 g/mol. The fourth-order valence-electron chi connectivity index (χ4n) is 5.70. The summed E-state index contributed by atoms with van der Waals surface area (Å²) in [5, 5.41) is 1.09. The van der Waals surface area contributed by atoms with Gasteiger partial charge in [0, 0.05) is 26.0 Å². The first-order valence-electron chi connectivity index (χ1n) is 13.5. The summed E-state index contributed by atoms with van der Waals surface area (Å²) < 4.78 is 6.16. The maximum absolute atomic E-state index is 13.3. The number of Topliss-reactive ketones (excluding diaryl/α,β-unsaturated/α-hetero) is 1. The number of fused-ring (bicyclic) bond motifs is 2. The summed E-state index contributed by atoms with van der Waals surface area (Å²) in [5.41, 5.74) is 2.59. The van der Waals surface area contributed by atoms with E-state index in [2.05, 4.69) is 15.9 Å². The SMILES string of the molecule is CC1C=CCC2C(=O)N(c3ccc(-c4cc(C(=O)OCC(=O)c5ccc(Cl)cc5Cl)c5cc(Br)ccc5n4)cc3)C(=O)C12. The van der Waals surface area contributed by atoms with Crippen LogP contribution in [-0.4, -0.2) is 35.2 Å². The minimum absolute atomic E-state index is 0.00189. The van der Waals surface area contributed by atoms with Gasteiger partial charge in [0.2, 0.25) is 17.6 Å². The average Bonchev–Trinajstić information content (AvgIpc) is 3.25. The number of nitrogens with zero attached hydrogens (tertiary/aromatic N) is 2. The zero-order valence-corrected chi connectivity index (χ0v) is 25.8. The van der Waals surface area contributed by atoms with Crippen molar-refractivity contribution in [2.45, 2.75) is 13.3 Å². The van der Waals surface area contributed by atoms with E-state index < -0.39 is 18.4 Å². The van der Waals surface area contributed by atoms with E-state index in [1.165, 1.54) is 23.1 Å². The van der Waals surface area contributed by atoms with Crippen LogP contribution in [0.3, 0.4) is 0 Å². The zero-order chi connectivity index (χ0) is 30.4. The van der Waals surface area contributed by atoms with Gasteiger partial charge in [0.05, 0.1) is 39.3 Å². The normalized spacial score (nSPS) is 19.5. The Morgan fingerprint density at radius 2 is 1.74 bits per heavy atom. The van der Waals surface area contributed by atoms with Gasteiger partial charge in [-0.2, -0.15) is 0 Å². The van der Waals surface area contributed by atoms with E-state index in [0.717, 1.165) is 4.47 Å². The lowest BCUT2D eigenvalue weighted by Crippen LogP contribution is -2.31. The summed E-state index contributed by atoms with van der Waals surface area (Å²) in [5.74, 6) is -2.25. The lowest BCUT2D eigenvalue weighted by Gasteiger charge is -2.22. The Morgan fingerprint density at radius 1 is 0.977 bits per heavy atom. The predicted molar refractivity (Wildman–Crippen MR) is 168 cm³/mol. The number of carbonyl (C=O) groups is 4. The third-order valence-corrected chi connectivity index (χ3v) is 8.89. The molecule has 0 N–H and O–H groups in total. The summed E-state index contributed by atoms with van der Waals surface area (Å²) in [6.07, 6.45) is 4.52. The lowest BCUT2D eigenvalue weighted by atomic mass is 9.78. The first-order chi connectivity index (χ1) is 20.6. The highest BCUT2D eigenvalue weighted by Gasteiger charge is 2.50. The fraction of sp³-hybridized carbons (Fsp3) is 0.182. The molecule has 1 saturated heterocycles. The number of amides is 2. The van der Waals surface area contributed by atoms with E-state index in [9.17, 15) is 19.2 Å². The summed E-state index contributed by atoms with van der Waals surface area (Å²) in [6.45, 7) is 1.44. The first-order valence-corrected chi connectivity index (χ1v) is 15.1. The van der Waals surface area contributed by atoms with Crippen molar-refractivity contribution in [1.29, 1.82) is 0 Å². The van der Waals surface area contributed by atoms with E-state index in [1.54, 1.807) is 42.5 Å². The number of imide groups is 1. The molecule has 1 fully saturated rings. The number of rotatable bonds is 6. The molecule has 0 bridgehead atoms. The largest absolute Gasteiger partial charge is 0.454 e. The highest BCUT2D eigenvalue weighted by molar-refractivity contribution is 9.10. The van der Waals surface area contributed by atoms with Crippen LogP contribution in [0, 0.1) is 17.8 Å². The standard InChI is InChI=1S/C33H23BrCl2N2O5/c1-17-3-2-4-23-30(17)32(41)38(31(23)40)21-9-5-18(6-10-21)28-15-25(24-13-19(34)7-12-27(24)37-28)33(42)43-16-29(39)22-11-8-20(35)14-26(22)36/h2-3,5-15,17,23,30H,4,16H2,1H3. The second-order valence-corrected chi connectivity index (χ2v) is 12.3. The van der Waals surface area contributed by atoms with Gasteiger partial charge in [-0.3, -0.25) is 19.3 Å². The van der Waals surface area contributed by atoms with Crippen molar-refractivity contribution in [1.82, 2.24) is 4.98 Å². The number of halogens is 3. The Morgan fingerprint density at radius 3 is 2.47 bits per heavy atom. The van der Waals surface area contributed by atoms with Crippen LogP contribution in [0.4, 0.5) is 5.69 Å². The minimum Gasteiger partial charge on any atom is -0.454 e. The number of benzene rings is 3. The summed E-state index contributed by atoms with van der Waals surface area (Å²) in [6, 6.07) is 18.3. The van der Waals surface area contributed by atoms with Crippen molar-refractivity contribution >= 4 is 79.3 Å². The Balaban J connectivity index is 1.28. The van der Waals surface area contributed by atoms with Crippen molar-refractivity contribution in [2.24, 2.45) is 17.8 Å². The molecule has 0 radical (unpaired) electrons. The van der Waals surface area contributed by atoms with Gasteiger partial charge in [0.15, 0.2) is 6.61 Å². The molecule has 43 heavy (non-hydrogen) atoms. The van der Waals surface area contributed by atoms with E-state index in [1.807, 2.05) is 25.1 Å². The van der Waals surface area contributed by atoms with Crippen LogP contribution in [0.15, 0.2) is 83.4 Å². The molecule has 216 valence electrons. The summed E-state index contributed by atoms with van der Waals surface area (Å²) >= 11 is 15.5. The molecule has 2 aliphatic rings. The lowest BCUT2D eigenvalue weighted by molar-refractivity contribution is -0.122. The van der Waals surface area contributed by atoms with E-state index in [-0.39, 0.29) is 45.7 Å². The van der Waals surface area contributed by atoms with Gasteiger partial charge in [-0.05, 0) is 66.9 Å². The third kappa shape index (κ3) is 5.51. The van der Waals surface area contributed by atoms with Crippen molar-refractivity contribution in [3.05, 3.63) is 105 Å². The number of carbonyl (C=O) groups excluding carboxylic acids is 4. The van der Waals surface area contributed by atoms with Crippen molar-refractivity contribution in [3.8, 4) is 11.3 Å². The molecule has 1 aliphatic heterocycles. The number of ketones is 1. The van der Waals surface area contributed by atoms with Crippen LogP contribution < -0.4 is 4.90 Å². The molecule has 3 atom stereocenters. The molecule has 1 aromatic heterocycles. The number of ether oxygens (including phenoxy) is 1. The maximum atomic E-state index is 13.3. The van der Waals surface area contributed by atoms with Crippen LogP contribution >= 0.6 is 39.1 Å². The zero-order valence-electron chi connectivity index (χ0n) is 22.7. The van der Waals surface area contributed by atoms with E-state index >= 15 is 0 Å². The molecule has 2 amide bonds. The molecule has 6 rings (SSSR count). The second kappa shape index (κ2) is 11.7.